The van der Waals surface area contributed by atoms with Gasteiger partial charge in [0.05, 0.1) is 13.1 Å². The number of phenols is 1. The summed E-state index contributed by atoms with van der Waals surface area (Å²) >= 11 is 7.67. The molecule has 9 nitrogen and oxygen atoms in total. The van der Waals surface area contributed by atoms with Gasteiger partial charge < -0.3 is 30.9 Å². The molecule has 5 rings (SSSR count). The van der Waals surface area contributed by atoms with E-state index in [9.17, 15) is 19.5 Å². The van der Waals surface area contributed by atoms with Gasteiger partial charge in [-0.05, 0) is 59.2 Å². The van der Waals surface area contributed by atoms with Gasteiger partial charge in [-0.2, -0.15) is 0 Å². The smallest absolute Gasteiger partial charge is 0.316 e. The molecule has 4 N–H and O–H groups in total. The summed E-state index contributed by atoms with van der Waals surface area (Å²) in [6.07, 6.45) is 1.01. The Morgan fingerprint density at radius 1 is 0.938 bits per heavy atom. The molecule has 48 heavy (non-hydrogen) atoms. The van der Waals surface area contributed by atoms with Crippen LogP contribution in [-0.4, -0.2) is 64.6 Å². The van der Waals surface area contributed by atoms with E-state index in [1.54, 1.807) is 47.0 Å². The monoisotopic (exact) mass is 683 g/mol. The minimum Gasteiger partial charge on any atom is -0.508 e. The van der Waals surface area contributed by atoms with Crippen molar-refractivity contribution in [3.63, 3.8) is 0 Å². The zero-order valence-corrected chi connectivity index (χ0v) is 27.9. The predicted octanol–water partition coefficient (Wildman–Crippen LogP) is 5.58. The van der Waals surface area contributed by atoms with Gasteiger partial charge >= 0.3 is 6.03 Å². The second kappa shape index (κ2) is 16.9. The molecule has 0 bridgehead atoms. The van der Waals surface area contributed by atoms with E-state index in [1.807, 2.05) is 78.9 Å². The molecule has 1 aliphatic rings. The molecule has 0 unspecified atom stereocenters. The highest BCUT2D eigenvalue weighted by molar-refractivity contribution is 7.99. The number of urea groups is 1. The Labute approximate surface area is 290 Å². The zero-order chi connectivity index (χ0) is 33.9. The van der Waals surface area contributed by atoms with Crippen molar-refractivity contribution in [2.75, 3.05) is 19.6 Å². The normalized spacial score (nSPS) is 16.0. The van der Waals surface area contributed by atoms with Crippen LogP contribution in [0.5, 0.6) is 5.75 Å². The summed E-state index contributed by atoms with van der Waals surface area (Å²) < 4.78 is 0. The molecule has 4 aromatic carbocycles. The van der Waals surface area contributed by atoms with E-state index in [0.29, 0.717) is 18.1 Å². The molecule has 1 heterocycles. The highest BCUT2D eigenvalue weighted by atomic mass is 35.5. The highest BCUT2D eigenvalue weighted by Crippen LogP contribution is 2.33. The molecular formula is C37H38ClN5O4S. The minimum atomic E-state index is -0.920. The molecule has 1 saturated heterocycles. The first-order valence-corrected chi connectivity index (χ1v) is 16.8. The molecule has 1 aliphatic heterocycles. The van der Waals surface area contributed by atoms with Crippen LogP contribution in [0.25, 0.3) is 0 Å². The summed E-state index contributed by atoms with van der Waals surface area (Å²) in [5, 5.41) is 19.4. The third-order valence-corrected chi connectivity index (χ3v) is 9.23. The van der Waals surface area contributed by atoms with Gasteiger partial charge in [-0.25, -0.2) is 4.79 Å². The first kappa shape index (κ1) is 34.6. The number of carbonyl (C=O) groups is 3. The SMILES string of the molecule is C=CCNCC(=O)N1[C@@H](NC(=O)NCc2ccccc2)CN(Cc2ccccc2Sc2ccc(Cl)cc2)C(=O)[C@@H]1Cc1ccc(O)cc1. The quantitative estimate of drug-likeness (QED) is 0.108. The van der Waals surface area contributed by atoms with Crippen LogP contribution in [0.2, 0.25) is 5.02 Å². The molecule has 0 aliphatic carbocycles. The van der Waals surface area contributed by atoms with E-state index in [0.717, 1.165) is 26.5 Å². The lowest BCUT2D eigenvalue weighted by Crippen LogP contribution is -2.69. The average Bonchev–Trinajstić information content (AvgIpc) is 3.09. The fraction of sp³-hybridized carbons (Fsp3) is 0.216. The predicted molar refractivity (Wildman–Crippen MR) is 189 cm³/mol. The Balaban J connectivity index is 1.45. The van der Waals surface area contributed by atoms with E-state index < -0.39 is 18.2 Å². The molecule has 0 aromatic heterocycles. The van der Waals surface area contributed by atoms with Crippen molar-refractivity contribution in [2.45, 2.75) is 41.5 Å². The van der Waals surface area contributed by atoms with Crippen molar-refractivity contribution in [3.05, 3.63) is 137 Å². The van der Waals surface area contributed by atoms with Crippen LogP contribution in [-0.2, 0) is 29.1 Å². The van der Waals surface area contributed by atoms with E-state index in [4.69, 9.17) is 11.6 Å². The maximum atomic E-state index is 14.4. The third-order valence-electron chi connectivity index (χ3n) is 7.85. The third kappa shape index (κ3) is 9.41. The summed E-state index contributed by atoms with van der Waals surface area (Å²) in [5.41, 5.74) is 2.61. The number of benzene rings is 4. The second-order valence-electron chi connectivity index (χ2n) is 11.3. The molecule has 0 radical (unpaired) electrons. The van der Waals surface area contributed by atoms with Gasteiger partial charge in [-0.3, -0.25) is 9.59 Å². The van der Waals surface area contributed by atoms with Gasteiger partial charge in [0, 0.05) is 40.9 Å². The Bertz CT molecular complexity index is 1710. The van der Waals surface area contributed by atoms with Gasteiger partial charge in [0.1, 0.15) is 18.0 Å². The van der Waals surface area contributed by atoms with Crippen molar-refractivity contribution in [3.8, 4) is 5.75 Å². The summed E-state index contributed by atoms with van der Waals surface area (Å²) in [4.78, 5) is 46.7. The van der Waals surface area contributed by atoms with Gasteiger partial charge in [-0.15, -0.1) is 6.58 Å². The highest BCUT2D eigenvalue weighted by Gasteiger charge is 2.43. The number of amides is 4. The Kier molecular flexibility index (Phi) is 12.1. The first-order valence-electron chi connectivity index (χ1n) is 15.6. The Hall–Kier alpha value is -4.77. The minimum absolute atomic E-state index is 0.0459. The molecule has 0 saturated carbocycles. The maximum absolute atomic E-state index is 14.4. The summed E-state index contributed by atoms with van der Waals surface area (Å²) in [6.45, 7) is 4.70. The summed E-state index contributed by atoms with van der Waals surface area (Å²) in [6, 6.07) is 30.1. The molecule has 0 spiro atoms. The van der Waals surface area contributed by atoms with Crippen LogP contribution in [0.15, 0.2) is 126 Å². The molecule has 4 aromatic rings. The van der Waals surface area contributed by atoms with E-state index in [1.165, 1.54) is 4.90 Å². The van der Waals surface area contributed by atoms with Crippen LogP contribution in [0.1, 0.15) is 16.7 Å². The number of phenolic OH excluding ortho intramolecular Hbond substituents is 1. The standard InChI is InChI=1S/C37H38ClN5O4S/c1-2-20-39-23-35(45)43-32(21-26-12-16-30(44)17-13-26)36(46)42(25-34(43)41-37(47)40-22-27-8-4-3-5-9-27)24-28-10-6-7-11-33(28)48-31-18-14-29(38)15-19-31/h2-19,32,34,39,44H,1,20-25H2,(H2,40,41,47)/t32-,34+/m0/s1. The topological polar surface area (TPSA) is 114 Å². The number of nitrogens with one attached hydrogen (secondary N) is 3. The van der Waals surface area contributed by atoms with E-state index in [-0.39, 0.29) is 43.6 Å². The first-order chi connectivity index (χ1) is 23.3. The molecule has 4 amide bonds. The molecule has 2 atom stereocenters. The lowest BCUT2D eigenvalue weighted by molar-refractivity contribution is -0.157. The number of nitrogens with zero attached hydrogens (tertiary/aromatic N) is 2. The summed E-state index contributed by atoms with van der Waals surface area (Å²) in [5.74, 6) is -0.476. The van der Waals surface area contributed by atoms with Gasteiger partial charge in [-0.1, -0.05) is 90.1 Å². The van der Waals surface area contributed by atoms with Crippen LogP contribution < -0.4 is 16.0 Å². The maximum Gasteiger partial charge on any atom is 0.316 e. The molecule has 248 valence electrons. The summed E-state index contributed by atoms with van der Waals surface area (Å²) in [7, 11) is 0. The van der Waals surface area contributed by atoms with Crippen LogP contribution in [0.3, 0.4) is 0 Å². The lowest BCUT2D eigenvalue weighted by atomic mass is 9.99. The van der Waals surface area contributed by atoms with E-state index >= 15 is 0 Å². The van der Waals surface area contributed by atoms with Crippen LogP contribution in [0.4, 0.5) is 4.79 Å². The molecular weight excluding hydrogens is 646 g/mol. The average molecular weight is 684 g/mol. The van der Waals surface area contributed by atoms with Gasteiger partial charge in [0.2, 0.25) is 11.8 Å². The Morgan fingerprint density at radius 2 is 1.65 bits per heavy atom. The van der Waals surface area contributed by atoms with Crippen molar-refractivity contribution < 1.29 is 19.5 Å². The van der Waals surface area contributed by atoms with Gasteiger partial charge in [0.15, 0.2) is 0 Å². The Morgan fingerprint density at radius 3 is 2.38 bits per heavy atom. The fourth-order valence-electron chi connectivity index (χ4n) is 5.50. The van der Waals surface area contributed by atoms with Gasteiger partial charge in [0.25, 0.3) is 0 Å². The number of rotatable bonds is 13. The van der Waals surface area contributed by atoms with Crippen molar-refractivity contribution in [1.82, 2.24) is 25.8 Å². The fourth-order valence-corrected chi connectivity index (χ4v) is 6.56. The number of hydrogen-bond acceptors (Lipinski definition) is 6. The number of halogens is 1. The zero-order valence-electron chi connectivity index (χ0n) is 26.3. The van der Waals surface area contributed by atoms with E-state index in [2.05, 4.69) is 22.5 Å². The van der Waals surface area contributed by atoms with Crippen molar-refractivity contribution in [1.29, 1.82) is 0 Å². The number of piperazine rings is 1. The second-order valence-corrected chi connectivity index (χ2v) is 12.9. The molecule has 11 heteroatoms. The number of carbonyl (C=O) groups excluding carboxylic acids is 3. The largest absolute Gasteiger partial charge is 0.508 e. The number of aromatic hydroxyl groups is 1. The van der Waals surface area contributed by atoms with Crippen LogP contribution in [0, 0.1) is 0 Å². The molecule has 1 fully saturated rings. The van der Waals surface area contributed by atoms with Crippen LogP contribution >= 0.6 is 23.4 Å². The lowest BCUT2D eigenvalue weighted by Gasteiger charge is -2.46. The number of hydrogen-bond donors (Lipinski definition) is 4. The van der Waals surface area contributed by atoms with Crippen molar-refractivity contribution >= 4 is 41.2 Å². The van der Waals surface area contributed by atoms with Crippen molar-refractivity contribution in [2.24, 2.45) is 0 Å².